The van der Waals surface area contributed by atoms with Gasteiger partial charge in [-0.1, -0.05) is 45.0 Å². The highest BCUT2D eigenvalue weighted by molar-refractivity contribution is 6.04. The Hall–Kier alpha value is -2.13. The summed E-state index contributed by atoms with van der Waals surface area (Å²) in [5, 5.41) is 6.05. The Bertz CT molecular complexity index is 639. The van der Waals surface area contributed by atoms with E-state index in [0.29, 0.717) is 5.56 Å². The predicted molar refractivity (Wildman–Crippen MR) is 92.3 cm³/mol. The Kier molecular flexibility index (Phi) is 4.99. The summed E-state index contributed by atoms with van der Waals surface area (Å²) in [7, 11) is 1.90. The highest BCUT2D eigenvalue weighted by Gasteiger charge is 2.14. The lowest BCUT2D eigenvalue weighted by atomic mass is 9.87. The van der Waals surface area contributed by atoms with Crippen LogP contribution in [0.5, 0.6) is 0 Å². The second-order valence-corrected chi connectivity index (χ2v) is 6.51. The van der Waals surface area contributed by atoms with E-state index in [1.807, 2.05) is 55.6 Å². The zero-order chi connectivity index (χ0) is 16.2. The molecule has 3 nitrogen and oxygen atoms in total. The SMILES string of the molecule is CNCc1cccc(NC(=O)c2ccc(C(C)(C)C)cc2)c1. The summed E-state index contributed by atoms with van der Waals surface area (Å²) in [4.78, 5) is 12.3. The van der Waals surface area contributed by atoms with Crippen molar-refractivity contribution in [3.05, 3.63) is 65.2 Å². The zero-order valence-electron chi connectivity index (χ0n) is 13.7. The molecule has 0 atom stereocenters. The van der Waals surface area contributed by atoms with Crippen molar-refractivity contribution in [1.82, 2.24) is 5.32 Å². The predicted octanol–water partition coefficient (Wildman–Crippen LogP) is 3.96. The smallest absolute Gasteiger partial charge is 0.255 e. The molecule has 2 rings (SSSR count). The molecule has 22 heavy (non-hydrogen) atoms. The third-order valence-corrected chi connectivity index (χ3v) is 3.58. The van der Waals surface area contributed by atoms with Crippen LogP contribution in [0.3, 0.4) is 0 Å². The van der Waals surface area contributed by atoms with Crippen LogP contribution in [0.4, 0.5) is 5.69 Å². The first-order valence-corrected chi connectivity index (χ1v) is 7.55. The molecule has 1 amide bonds. The fourth-order valence-electron chi connectivity index (χ4n) is 2.29. The van der Waals surface area contributed by atoms with Crippen LogP contribution in [0.15, 0.2) is 48.5 Å². The fourth-order valence-corrected chi connectivity index (χ4v) is 2.29. The van der Waals surface area contributed by atoms with E-state index in [-0.39, 0.29) is 11.3 Å². The summed E-state index contributed by atoms with van der Waals surface area (Å²) in [6, 6.07) is 15.7. The Morgan fingerprint density at radius 2 is 1.73 bits per heavy atom. The van der Waals surface area contributed by atoms with Crippen molar-refractivity contribution in [3.63, 3.8) is 0 Å². The maximum Gasteiger partial charge on any atom is 0.255 e. The number of hydrogen-bond acceptors (Lipinski definition) is 2. The molecule has 0 radical (unpaired) electrons. The molecule has 0 saturated carbocycles. The molecule has 0 saturated heterocycles. The van der Waals surface area contributed by atoms with E-state index in [4.69, 9.17) is 0 Å². The van der Waals surface area contributed by atoms with Crippen molar-refractivity contribution in [2.75, 3.05) is 12.4 Å². The third kappa shape index (κ3) is 4.18. The first-order valence-electron chi connectivity index (χ1n) is 7.55. The Morgan fingerprint density at radius 3 is 2.32 bits per heavy atom. The van der Waals surface area contributed by atoms with Gasteiger partial charge in [-0.3, -0.25) is 4.79 Å². The first kappa shape index (κ1) is 16.2. The molecule has 0 unspecified atom stereocenters. The number of benzene rings is 2. The molecule has 2 N–H and O–H groups in total. The van der Waals surface area contributed by atoms with Gasteiger partial charge in [0.2, 0.25) is 0 Å². The Labute approximate surface area is 132 Å². The standard InChI is InChI=1S/C19H24N2O/c1-19(2,3)16-10-8-15(9-11-16)18(22)21-17-7-5-6-14(12-17)13-20-4/h5-12,20H,13H2,1-4H3,(H,21,22). The van der Waals surface area contributed by atoms with Gasteiger partial charge in [-0.25, -0.2) is 0 Å². The largest absolute Gasteiger partial charge is 0.322 e. The van der Waals surface area contributed by atoms with Gasteiger partial charge in [-0.15, -0.1) is 0 Å². The summed E-state index contributed by atoms with van der Waals surface area (Å²) in [6.07, 6.45) is 0. The number of carbonyl (C=O) groups is 1. The summed E-state index contributed by atoms with van der Waals surface area (Å²) >= 11 is 0. The van der Waals surface area contributed by atoms with Crippen molar-refractivity contribution < 1.29 is 4.79 Å². The normalized spacial score (nSPS) is 11.3. The van der Waals surface area contributed by atoms with Gasteiger partial charge in [0.25, 0.3) is 5.91 Å². The molecule has 2 aromatic rings. The molecule has 0 fully saturated rings. The maximum atomic E-state index is 12.3. The second-order valence-electron chi connectivity index (χ2n) is 6.51. The Balaban J connectivity index is 2.10. The van der Waals surface area contributed by atoms with Gasteiger partial charge >= 0.3 is 0 Å². The molecule has 0 bridgehead atoms. The van der Waals surface area contributed by atoms with Crippen LogP contribution in [0.25, 0.3) is 0 Å². The van der Waals surface area contributed by atoms with Crippen molar-refractivity contribution in [2.45, 2.75) is 32.7 Å². The molecule has 0 aliphatic rings. The monoisotopic (exact) mass is 296 g/mol. The van der Waals surface area contributed by atoms with Crippen LogP contribution in [0.2, 0.25) is 0 Å². The summed E-state index contributed by atoms with van der Waals surface area (Å²) in [6.45, 7) is 7.27. The Morgan fingerprint density at radius 1 is 1.05 bits per heavy atom. The minimum absolute atomic E-state index is 0.0814. The minimum atomic E-state index is -0.0814. The molecule has 0 heterocycles. The number of rotatable bonds is 4. The highest BCUT2D eigenvalue weighted by atomic mass is 16.1. The third-order valence-electron chi connectivity index (χ3n) is 3.58. The second kappa shape index (κ2) is 6.75. The van der Waals surface area contributed by atoms with Crippen molar-refractivity contribution in [3.8, 4) is 0 Å². The lowest BCUT2D eigenvalue weighted by molar-refractivity contribution is 0.102. The quantitative estimate of drug-likeness (QED) is 0.896. The average molecular weight is 296 g/mol. The van der Waals surface area contributed by atoms with E-state index >= 15 is 0 Å². The number of amides is 1. The lowest BCUT2D eigenvalue weighted by Gasteiger charge is -2.19. The van der Waals surface area contributed by atoms with E-state index in [9.17, 15) is 4.79 Å². The molecule has 116 valence electrons. The van der Waals surface area contributed by atoms with Crippen molar-refractivity contribution >= 4 is 11.6 Å². The molecular formula is C19H24N2O. The summed E-state index contributed by atoms with van der Waals surface area (Å²) < 4.78 is 0. The fraction of sp³-hybridized carbons (Fsp3) is 0.316. The van der Waals surface area contributed by atoms with E-state index in [1.165, 1.54) is 5.56 Å². The van der Waals surface area contributed by atoms with Gasteiger partial charge in [0.05, 0.1) is 0 Å². The van der Waals surface area contributed by atoms with E-state index < -0.39 is 0 Å². The molecule has 0 spiro atoms. The van der Waals surface area contributed by atoms with Crippen LogP contribution in [-0.4, -0.2) is 13.0 Å². The van der Waals surface area contributed by atoms with Crippen LogP contribution in [0.1, 0.15) is 42.3 Å². The topological polar surface area (TPSA) is 41.1 Å². The van der Waals surface area contributed by atoms with E-state index in [0.717, 1.165) is 17.8 Å². The van der Waals surface area contributed by atoms with Crippen LogP contribution in [-0.2, 0) is 12.0 Å². The lowest BCUT2D eigenvalue weighted by Crippen LogP contribution is -2.14. The van der Waals surface area contributed by atoms with Crippen molar-refractivity contribution in [2.24, 2.45) is 0 Å². The van der Waals surface area contributed by atoms with Gasteiger partial charge in [0.15, 0.2) is 0 Å². The molecule has 0 aliphatic heterocycles. The van der Waals surface area contributed by atoms with Gasteiger partial charge in [-0.2, -0.15) is 0 Å². The molecule has 0 aliphatic carbocycles. The summed E-state index contributed by atoms with van der Waals surface area (Å²) in [5.74, 6) is -0.0814. The number of hydrogen-bond donors (Lipinski definition) is 2. The van der Waals surface area contributed by atoms with E-state index in [2.05, 4.69) is 31.4 Å². The number of carbonyl (C=O) groups excluding carboxylic acids is 1. The van der Waals surface area contributed by atoms with Crippen molar-refractivity contribution in [1.29, 1.82) is 0 Å². The van der Waals surface area contributed by atoms with Gasteiger partial charge < -0.3 is 10.6 Å². The van der Waals surface area contributed by atoms with Gasteiger partial charge in [-0.05, 0) is 47.9 Å². The minimum Gasteiger partial charge on any atom is -0.322 e. The number of anilines is 1. The highest BCUT2D eigenvalue weighted by Crippen LogP contribution is 2.22. The van der Waals surface area contributed by atoms with Gasteiger partial charge in [0, 0.05) is 17.8 Å². The molecule has 3 heteroatoms. The maximum absolute atomic E-state index is 12.3. The number of nitrogens with one attached hydrogen (secondary N) is 2. The molecule has 2 aromatic carbocycles. The van der Waals surface area contributed by atoms with Crippen LogP contribution in [0, 0.1) is 0 Å². The zero-order valence-corrected chi connectivity index (χ0v) is 13.7. The molecule has 0 aromatic heterocycles. The van der Waals surface area contributed by atoms with Crippen LogP contribution < -0.4 is 10.6 Å². The van der Waals surface area contributed by atoms with E-state index in [1.54, 1.807) is 0 Å². The van der Waals surface area contributed by atoms with Gasteiger partial charge in [0.1, 0.15) is 0 Å². The molecular weight excluding hydrogens is 272 g/mol. The van der Waals surface area contributed by atoms with Crippen LogP contribution >= 0.6 is 0 Å². The average Bonchev–Trinajstić information content (AvgIpc) is 2.47. The summed E-state index contributed by atoms with van der Waals surface area (Å²) in [5.41, 5.74) is 3.95. The first-order chi connectivity index (χ1) is 10.4.